The molecule has 0 saturated carbocycles. The minimum Gasteiger partial charge on any atom is -0.308 e. The molecule has 4 nitrogen and oxygen atoms in total. The molecule has 3 heterocycles. The molecule has 2 aromatic heterocycles. The first-order chi connectivity index (χ1) is 12.5. The Labute approximate surface area is 161 Å². The predicted octanol–water partition coefficient (Wildman–Crippen LogP) is 4.77. The van der Waals surface area contributed by atoms with Crippen LogP contribution in [0.4, 0.5) is 5.69 Å². The number of thioether (sulfide) groups is 1. The molecule has 26 heavy (non-hydrogen) atoms. The Morgan fingerprint density at radius 2 is 2.08 bits per heavy atom. The molecule has 0 saturated heterocycles. The van der Waals surface area contributed by atoms with Crippen LogP contribution in [0.15, 0.2) is 35.6 Å². The number of rotatable bonds is 3. The van der Waals surface area contributed by atoms with Gasteiger partial charge in [-0.25, -0.2) is 9.97 Å². The third kappa shape index (κ3) is 2.81. The number of aromatic nitrogens is 2. The number of carbonyl (C=O) groups is 1. The monoisotopic (exact) mass is 383 g/mol. The van der Waals surface area contributed by atoms with Gasteiger partial charge in [-0.3, -0.25) is 4.79 Å². The van der Waals surface area contributed by atoms with Crippen molar-refractivity contribution in [1.29, 1.82) is 0 Å². The van der Waals surface area contributed by atoms with Crippen molar-refractivity contribution >= 4 is 44.9 Å². The molecule has 2 atom stereocenters. The molecule has 0 unspecified atom stereocenters. The average Bonchev–Trinajstić information content (AvgIpc) is 3.10. The number of benzene rings is 1. The van der Waals surface area contributed by atoms with E-state index < -0.39 is 0 Å². The van der Waals surface area contributed by atoms with E-state index in [0.29, 0.717) is 0 Å². The van der Waals surface area contributed by atoms with Crippen LogP contribution in [0.25, 0.3) is 10.2 Å². The molecule has 3 aromatic rings. The van der Waals surface area contributed by atoms with Crippen molar-refractivity contribution in [2.24, 2.45) is 0 Å². The zero-order valence-electron chi connectivity index (χ0n) is 15.3. The molecule has 1 aliphatic rings. The van der Waals surface area contributed by atoms with Crippen molar-refractivity contribution in [3.8, 4) is 0 Å². The summed E-state index contributed by atoms with van der Waals surface area (Å²) >= 11 is 3.22. The minimum absolute atomic E-state index is 0.142. The van der Waals surface area contributed by atoms with Gasteiger partial charge in [0.25, 0.3) is 0 Å². The smallest absolute Gasteiger partial charge is 0.240 e. The van der Waals surface area contributed by atoms with Crippen LogP contribution in [0.2, 0.25) is 0 Å². The second-order valence-electron chi connectivity index (χ2n) is 6.79. The molecule has 1 amide bonds. The first kappa shape index (κ1) is 17.5. The van der Waals surface area contributed by atoms with E-state index in [1.807, 2.05) is 30.0 Å². The van der Waals surface area contributed by atoms with E-state index in [1.54, 1.807) is 17.7 Å². The summed E-state index contributed by atoms with van der Waals surface area (Å²) in [4.78, 5) is 26.3. The highest BCUT2D eigenvalue weighted by molar-refractivity contribution is 8.00. The molecular weight excluding hydrogens is 362 g/mol. The Kier molecular flexibility index (Phi) is 4.49. The molecule has 0 radical (unpaired) electrons. The molecule has 0 aliphatic carbocycles. The van der Waals surface area contributed by atoms with Crippen molar-refractivity contribution in [3.05, 3.63) is 46.6 Å². The Bertz CT molecular complexity index is 998. The van der Waals surface area contributed by atoms with Crippen LogP contribution in [0.1, 0.15) is 29.9 Å². The summed E-state index contributed by atoms with van der Waals surface area (Å²) < 4.78 is 0. The lowest BCUT2D eigenvalue weighted by atomic mass is 10.1. The molecular formula is C20H21N3OS2. The fourth-order valence-electron chi connectivity index (χ4n) is 3.55. The fourth-order valence-corrected chi connectivity index (χ4v) is 5.64. The molecule has 1 aliphatic heterocycles. The summed E-state index contributed by atoms with van der Waals surface area (Å²) in [5.41, 5.74) is 3.51. The van der Waals surface area contributed by atoms with Gasteiger partial charge >= 0.3 is 0 Å². The highest BCUT2D eigenvalue weighted by atomic mass is 32.2. The van der Waals surface area contributed by atoms with E-state index in [2.05, 4.69) is 36.8 Å². The zero-order valence-corrected chi connectivity index (χ0v) is 16.9. The van der Waals surface area contributed by atoms with E-state index in [0.717, 1.165) is 27.4 Å². The third-order valence-corrected chi connectivity index (χ3v) is 7.21. The lowest BCUT2D eigenvalue weighted by molar-refractivity contribution is -0.118. The molecule has 4 rings (SSSR count). The molecule has 0 bridgehead atoms. The van der Waals surface area contributed by atoms with Crippen LogP contribution in [0.5, 0.6) is 0 Å². The SMILES string of the molecule is Cc1sc2ncnc(S[C@H](C)C(=O)N3c4ccccc4C[C@H]3C)c2c1C. The Hall–Kier alpha value is -1.92. The molecule has 0 spiro atoms. The molecule has 0 fully saturated rings. The van der Waals surface area contributed by atoms with Crippen LogP contribution in [-0.4, -0.2) is 27.2 Å². The second kappa shape index (κ2) is 6.67. The first-order valence-corrected chi connectivity index (χ1v) is 10.4. The van der Waals surface area contributed by atoms with Crippen LogP contribution in [-0.2, 0) is 11.2 Å². The Morgan fingerprint density at radius 1 is 1.31 bits per heavy atom. The largest absolute Gasteiger partial charge is 0.308 e. The normalized spacial score (nSPS) is 17.5. The quantitative estimate of drug-likeness (QED) is 0.483. The van der Waals surface area contributed by atoms with Crippen LogP contribution in [0.3, 0.4) is 0 Å². The maximum absolute atomic E-state index is 13.2. The van der Waals surface area contributed by atoms with E-state index in [-0.39, 0.29) is 17.2 Å². The van der Waals surface area contributed by atoms with Crippen molar-refractivity contribution in [1.82, 2.24) is 9.97 Å². The number of thiophene rings is 1. The van der Waals surface area contributed by atoms with E-state index >= 15 is 0 Å². The van der Waals surface area contributed by atoms with Crippen molar-refractivity contribution in [3.63, 3.8) is 0 Å². The maximum atomic E-state index is 13.2. The van der Waals surface area contributed by atoms with Gasteiger partial charge in [-0.05, 0) is 51.3 Å². The van der Waals surface area contributed by atoms with Gasteiger partial charge in [0, 0.05) is 22.0 Å². The summed E-state index contributed by atoms with van der Waals surface area (Å²) in [5.74, 6) is 0.142. The lowest BCUT2D eigenvalue weighted by Gasteiger charge is -2.25. The van der Waals surface area contributed by atoms with Gasteiger partial charge in [-0.2, -0.15) is 0 Å². The van der Waals surface area contributed by atoms with Gasteiger partial charge in [0.05, 0.1) is 5.25 Å². The third-order valence-electron chi connectivity index (χ3n) is 5.01. The summed E-state index contributed by atoms with van der Waals surface area (Å²) in [6.07, 6.45) is 2.52. The van der Waals surface area contributed by atoms with Gasteiger partial charge < -0.3 is 4.90 Å². The number of anilines is 1. The number of nitrogens with zero attached hydrogens (tertiary/aromatic N) is 3. The average molecular weight is 384 g/mol. The maximum Gasteiger partial charge on any atom is 0.240 e. The van der Waals surface area contributed by atoms with Gasteiger partial charge in [-0.1, -0.05) is 30.0 Å². The number of carbonyl (C=O) groups excluding carboxylic acids is 1. The zero-order chi connectivity index (χ0) is 18.4. The van der Waals surface area contributed by atoms with Gasteiger partial charge in [-0.15, -0.1) is 11.3 Å². The summed E-state index contributed by atoms with van der Waals surface area (Å²) in [5, 5.41) is 1.79. The van der Waals surface area contributed by atoms with Crippen LogP contribution in [0, 0.1) is 13.8 Å². The fraction of sp³-hybridized carbons (Fsp3) is 0.350. The Balaban J connectivity index is 1.63. The second-order valence-corrected chi connectivity index (χ2v) is 9.33. The standard InChI is InChI=1S/C20H21N3OS2/c1-11-9-15-7-5-6-8-16(15)23(11)20(24)14(4)26-19-17-12(2)13(3)25-18(17)21-10-22-19/h5-8,10-11,14H,9H2,1-4H3/t11-,14-/m1/s1. The topological polar surface area (TPSA) is 46.1 Å². The van der Waals surface area contributed by atoms with E-state index in [9.17, 15) is 4.79 Å². The number of aryl methyl sites for hydroxylation is 2. The number of fused-ring (bicyclic) bond motifs is 2. The minimum atomic E-state index is -0.207. The van der Waals surface area contributed by atoms with Gasteiger partial charge in [0.2, 0.25) is 5.91 Å². The van der Waals surface area contributed by atoms with Crippen molar-refractivity contribution < 1.29 is 4.79 Å². The first-order valence-electron chi connectivity index (χ1n) is 8.75. The lowest BCUT2D eigenvalue weighted by Crippen LogP contribution is -2.40. The van der Waals surface area contributed by atoms with E-state index in [1.165, 1.54) is 27.8 Å². The van der Waals surface area contributed by atoms with Crippen molar-refractivity contribution in [2.75, 3.05) is 4.90 Å². The van der Waals surface area contributed by atoms with Gasteiger partial charge in [0.15, 0.2) is 0 Å². The number of para-hydroxylation sites is 1. The summed E-state index contributed by atoms with van der Waals surface area (Å²) in [6, 6.07) is 8.39. The highest BCUT2D eigenvalue weighted by Crippen LogP contribution is 2.38. The van der Waals surface area contributed by atoms with Crippen LogP contribution < -0.4 is 4.90 Å². The Morgan fingerprint density at radius 3 is 2.88 bits per heavy atom. The number of hydrogen-bond acceptors (Lipinski definition) is 5. The van der Waals surface area contributed by atoms with Crippen LogP contribution >= 0.6 is 23.1 Å². The van der Waals surface area contributed by atoms with E-state index in [4.69, 9.17) is 0 Å². The number of hydrogen-bond donors (Lipinski definition) is 0. The predicted molar refractivity (Wildman–Crippen MR) is 109 cm³/mol. The van der Waals surface area contributed by atoms with Gasteiger partial charge in [0.1, 0.15) is 16.2 Å². The molecule has 134 valence electrons. The molecule has 1 aromatic carbocycles. The molecule has 6 heteroatoms. The number of amides is 1. The summed E-state index contributed by atoms with van der Waals surface area (Å²) in [6.45, 7) is 8.30. The summed E-state index contributed by atoms with van der Waals surface area (Å²) in [7, 11) is 0. The highest BCUT2D eigenvalue weighted by Gasteiger charge is 2.33. The molecule has 0 N–H and O–H groups in total. The van der Waals surface area contributed by atoms with Crippen molar-refractivity contribution in [2.45, 2.75) is 50.4 Å².